The molecule has 2 unspecified atom stereocenters. The van der Waals surface area contributed by atoms with Crippen LogP contribution in [0.4, 0.5) is 4.79 Å². The molecule has 0 aliphatic carbocycles. The summed E-state index contributed by atoms with van der Waals surface area (Å²) in [4.78, 5) is 54.5. The highest BCUT2D eigenvalue weighted by Crippen LogP contribution is 2.46. The van der Waals surface area contributed by atoms with Gasteiger partial charge >= 0.3 is 17.8 Å². The Morgan fingerprint density at radius 3 is 1.94 bits per heavy atom. The van der Waals surface area contributed by atoms with E-state index in [-0.39, 0.29) is 16.7 Å². The van der Waals surface area contributed by atoms with Gasteiger partial charge in [0.05, 0.1) is 0 Å². The van der Waals surface area contributed by atoms with Crippen molar-refractivity contribution in [2.45, 2.75) is 147 Å². The molecule has 0 saturated carbocycles. The first-order valence-corrected chi connectivity index (χ1v) is 22.8. The highest BCUT2D eigenvalue weighted by Gasteiger charge is 2.58. The number of nitrogens with zero attached hydrogens (tertiary/aromatic N) is 1. The first-order valence-electron chi connectivity index (χ1n) is 16.9. The van der Waals surface area contributed by atoms with E-state index in [2.05, 4.69) is 51.8 Å². The van der Waals surface area contributed by atoms with Gasteiger partial charge in [-0.3, -0.25) is 14.3 Å². The van der Waals surface area contributed by atoms with Gasteiger partial charge in [-0.25, -0.2) is 14.4 Å². The lowest BCUT2D eigenvalue weighted by Gasteiger charge is -2.44. The van der Waals surface area contributed by atoms with Crippen molar-refractivity contribution in [1.82, 2.24) is 14.9 Å². The summed E-state index contributed by atoms with van der Waals surface area (Å²) < 4.78 is 32.8. The molecule has 1 aromatic heterocycles. The number of carbonyl (C=O) groups is 2. The highest BCUT2D eigenvalue weighted by atomic mass is 28.4. The number of nitrogens with one attached hydrogen (secondary N) is 2. The van der Waals surface area contributed by atoms with Crippen LogP contribution in [0.25, 0.3) is 0 Å². The number of esters is 1. The van der Waals surface area contributed by atoms with E-state index in [9.17, 15) is 24.3 Å². The fourth-order valence-electron chi connectivity index (χ4n) is 4.82. The molecule has 2 heterocycles. The third-order valence-corrected chi connectivity index (χ3v) is 18.6. The van der Waals surface area contributed by atoms with Gasteiger partial charge in [0.25, 0.3) is 5.56 Å². The second-order valence-electron chi connectivity index (χ2n) is 16.9. The molecule has 0 bridgehead atoms. The number of hydrogen-bond acceptors (Lipinski definition) is 10. The molecule has 50 heavy (non-hydrogen) atoms. The maximum atomic E-state index is 13.7. The van der Waals surface area contributed by atoms with Crippen LogP contribution in [0.2, 0.25) is 36.3 Å². The minimum atomic E-state index is -2.69. The first kappa shape index (κ1) is 41.3. The summed E-state index contributed by atoms with van der Waals surface area (Å²) >= 11 is 0. The van der Waals surface area contributed by atoms with Crippen molar-refractivity contribution in [2.24, 2.45) is 0 Å². The summed E-state index contributed by atoms with van der Waals surface area (Å²) in [7, 11) is -5.33. The molecule has 1 aromatic carbocycles. The predicted molar refractivity (Wildman–Crippen MR) is 195 cm³/mol. The summed E-state index contributed by atoms with van der Waals surface area (Å²) in [5.74, 6) is -0.928. The Kier molecular flexibility index (Phi) is 12.6. The van der Waals surface area contributed by atoms with E-state index < -0.39 is 82.2 Å². The van der Waals surface area contributed by atoms with E-state index in [1.807, 2.05) is 32.3 Å². The van der Waals surface area contributed by atoms with E-state index in [4.69, 9.17) is 23.1 Å². The second kappa shape index (κ2) is 15.3. The second-order valence-corrected chi connectivity index (χ2v) is 26.4. The molecular formula is C35H57N3O10Si2. The monoisotopic (exact) mass is 735 g/mol. The Morgan fingerprint density at radius 2 is 1.44 bits per heavy atom. The van der Waals surface area contributed by atoms with Crippen molar-refractivity contribution >= 4 is 28.7 Å². The number of ether oxygens (including phenoxy) is 3. The SMILES string of the molecule is CC(C)(C)OC(=O)[C@@H](NC(=O)OCc1ccccc1)[C@H](O)[C@H]1O[C@@H](n2ccc(=O)[nH]c2=O)C(O[Si](C)(C)C(C)(C)C)C1O[Si](C)(C)C(C)(C)C. The number of carbonyl (C=O) groups excluding carboxylic acids is 2. The van der Waals surface area contributed by atoms with Gasteiger partial charge in [-0.1, -0.05) is 71.9 Å². The van der Waals surface area contributed by atoms with Gasteiger partial charge in [0.2, 0.25) is 0 Å². The quantitative estimate of drug-likeness (QED) is 0.206. The fraction of sp³-hybridized carbons (Fsp3) is 0.657. The van der Waals surface area contributed by atoms with E-state index in [0.717, 1.165) is 5.56 Å². The van der Waals surface area contributed by atoms with Crippen molar-refractivity contribution in [1.29, 1.82) is 0 Å². The maximum absolute atomic E-state index is 13.7. The van der Waals surface area contributed by atoms with Crippen LogP contribution in [0.15, 0.2) is 52.2 Å². The Labute approximate surface area is 297 Å². The summed E-state index contributed by atoms with van der Waals surface area (Å²) in [5, 5.41) is 14.1. The van der Waals surface area contributed by atoms with Crippen molar-refractivity contribution < 1.29 is 37.8 Å². The number of rotatable bonds is 11. The maximum Gasteiger partial charge on any atom is 0.408 e. The van der Waals surface area contributed by atoms with Crippen molar-refractivity contribution in [3.8, 4) is 0 Å². The number of aromatic nitrogens is 2. The standard InChI is InChI=1S/C35H57N3O10Si2/c1-33(2,3)46-30(41)24(37-32(43)44-21-22-17-15-14-16-18-22)25(40)26-27(47-49(10,11)34(4,5)6)28(48-50(12,13)35(7,8)9)29(45-26)38-20-19-23(39)36-31(38)42/h14-20,24-29,40H,21H2,1-13H3,(H,37,43)(H,36,39,42)/t24-,25-,26+,27?,28?,29+/m0/s1. The van der Waals surface area contributed by atoms with Crippen molar-refractivity contribution in [3.63, 3.8) is 0 Å². The van der Waals surface area contributed by atoms with Crippen molar-refractivity contribution in [3.05, 3.63) is 69.0 Å². The lowest BCUT2D eigenvalue weighted by molar-refractivity contribution is -0.165. The molecule has 1 aliphatic heterocycles. The minimum absolute atomic E-state index is 0.0829. The van der Waals surface area contributed by atoms with Crippen molar-refractivity contribution in [2.75, 3.05) is 0 Å². The lowest BCUT2D eigenvalue weighted by atomic mass is 9.99. The summed E-state index contributed by atoms with van der Waals surface area (Å²) in [5.41, 5.74) is -1.60. The third kappa shape index (κ3) is 10.3. The summed E-state index contributed by atoms with van der Waals surface area (Å²) in [6, 6.07) is 8.52. The van der Waals surface area contributed by atoms with Gasteiger partial charge in [-0.05, 0) is 62.6 Å². The van der Waals surface area contributed by atoms with E-state index in [1.54, 1.807) is 45.0 Å². The van der Waals surface area contributed by atoms with Crippen LogP contribution in [-0.2, 0) is 34.5 Å². The van der Waals surface area contributed by atoms with Crippen LogP contribution in [-0.4, -0.2) is 79.4 Å². The zero-order valence-electron chi connectivity index (χ0n) is 31.8. The lowest BCUT2D eigenvalue weighted by Crippen LogP contribution is -2.60. The Bertz CT molecular complexity index is 1590. The molecule has 3 N–H and O–H groups in total. The average Bonchev–Trinajstić information content (AvgIpc) is 3.28. The topological polar surface area (TPSA) is 167 Å². The van der Waals surface area contributed by atoms with E-state index in [1.165, 1.54) is 16.8 Å². The van der Waals surface area contributed by atoms with Gasteiger partial charge in [0.15, 0.2) is 28.9 Å². The van der Waals surface area contributed by atoms with Crippen LogP contribution in [0.5, 0.6) is 0 Å². The molecule has 1 aliphatic rings. The van der Waals surface area contributed by atoms with Crippen LogP contribution < -0.4 is 16.6 Å². The minimum Gasteiger partial charge on any atom is -0.458 e. The largest absolute Gasteiger partial charge is 0.458 e. The van der Waals surface area contributed by atoms with Crippen LogP contribution >= 0.6 is 0 Å². The van der Waals surface area contributed by atoms with Crippen LogP contribution in [0.3, 0.4) is 0 Å². The van der Waals surface area contributed by atoms with Crippen LogP contribution in [0, 0.1) is 0 Å². The average molecular weight is 736 g/mol. The molecule has 13 nitrogen and oxygen atoms in total. The van der Waals surface area contributed by atoms with Gasteiger partial charge < -0.3 is 33.5 Å². The molecule has 1 saturated heterocycles. The Morgan fingerprint density at radius 1 is 0.900 bits per heavy atom. The first-order chi connectivity index (χ1) is 22.7. The third-order valence-electron chi connectivity index (χ3n) is 9.65. The van der Waals surface area contributed by atoms with E-state index >= 15 is 0 Å². The molecule has 15 heteroatoms. The Hall–Kier alpha value is -3.09. The number of H-pyrrole nitrogens is 1. The molecule has 0 radical (unpaired) electrons. The van der Waals surface area contributed by atoms with Gasteiger partial charge in [0, 0.05) is 12.3 Å². The smallest absolute Gasteiger partial charge is 0.408 e. The van der Waals surface area contributed by atoms with E-state index in [0.29, 0.717) is 0 Å². The van der Waals surface area contributed by atoms with Gasteiger partial charge in [0.1, 0.15) is 36.6 Å². The zero-order chi connectivity index (χ0) is 38.0. The number of alkyl carbamates (subject to hydrolysis) is 1. The molecule has 1 fully saturated rings. The summed E-state index contributed by atoms with van der Waals surface area (Å²) in [6.45, 7) is 25.4. The zero-order valence-corrected chi connectivity index (χ0v) is 33.8. The van der Waals surface area contributed by atoms with Gasteiger partial charge in [-0.2, -0.15) is 0 Å². The highest BCUT2D eigenvalue weighted by molar-refractivity contribution is 6.74. The molecule has 0 spiro atoms. The fourth-order valence-corrected chi connectivity index (χ4v) is 7.40. The van der Waals surface area contributed by atoms with Gasteiger partial charge in [-0.15, -0.1) is 0 Å². The number of benzene rings is 1. The normalized spacial score (nSPS) is 21.7. The Balaban J connectivity index is 2.16. The number of aliphatic hydroxyl groups excluding tert-OH is 1. The number of aliphatic hydroxyl groups is 1. The molecule has 1 amide bonds. The molecule has 6 atom stereocenters. The molecule has 2 aromatic rings. The summed E-state index contributed by atoms with van der Waals surface area (Å²) in [6.07, 6.45) is -5.95. The predicted octanol–water partition coefficient (Wildman–Crippen LogP) is 5.21. The number of hydrogen-bond donors (Lipinski definition) is 3. The van der Waals surface area contributed by atoms with Crippen LogP contribution in [0.1, 0.15) is 74.1 Å². The number of amides is 1. The number of aromatic amines is 1. The molecular weight excluding hydrogens is 679 g/mol. The molecule has 280 valence electrons. The molecule has 3 rings (SSSR count).